The van der Waals surface area contributed by atoms with Crippen molar-refractivity contribution in [3.8, 4) is 0 Å². The molecule has 4 rings (SSSR count). The van der Waals surface area contributed by atoms with Crippen LogP contribution in [0.5, 0.6) is 0 Å². The van der Waals surface area contributed by atoms with Gasteiger partial charge in [0.15, 0.2) is 0 Å². The average molecular weight is 373 g/mol. The number of likely N-dealkylation sites (tertiary alicyclic amines) is 1. The van der Waals surface area contributed by atoms with Crippen LogP contribution in [-0.2, 0) is 10.2 Å². The lowest BCUT2D eigenvalue weighted by molar-refractivity contribution is -0.127. The van der Waals surface area contributed by atoms with Crippen molar-refractivity contribution < 1.29 is 9.18 Å². The molecule has 1 saturated heterocycles. The van der Waals surface area contributed by atoms with Crippen LogP contribution in [0.2, 0.25) is 0 Å². The van der Waals surface area contributed by atoms with Crippen LogP contribution in [0.1, 0.15) is 69.8 Å². The van der Waals surface area contributed by atoms with E-state index in [1.54, 1.807) is 12.1 Å². The number of hydrogen-bond donors (Lipinski definition) is 1. The Bertz CT molecular complexity index is 642. The maximum Gasteiger partial charge on any atom is 0.230 e. The number of nitrogens with one attached hydrogen (secondary N) is 1. The summed E-state index contributed by atoms with van der Waals surface area (Å²) < 4.78 is 13.8. The Morgan fingerprint density at radius 1 is 1.07 bits per heavy atom. The molecular formula is C23H33FN2O. The summed E-state index contributed by atoms with van der Waals surface area (Å²) in [5.74, 6) is 0.775. The number of piperidine rings is 1. The Labute approximate surface area is 162 Å². The van der Waals surface area contributed by atoms with Gasteiger partial charge in [-0.1, -0.05) is 37.8 Å². The predicted octanol–water partition coefficient (Wildman–Crippen LogP) is 4.41. The zero-order valence-corrected chi connectivity index (χ0v) is 16.4. The minimum Gasteiger partial charge on any atom is -0.353 e. The molecule has 4 heteroatoms. The van der Waals surface area contributed by atoms with Crippen molar-refractivity contribution in [2.75, 3.05) is 19.6 Å². The molecule has 148 valence electrons. The van der Waals surface area contributed by atoms with Gasteiger partial charge < -0.3 is 10.2 Å². The monoisotopic (exact) mass is 372 g/mol. The maximum absolute atomic E-state index is 13.8. The molecule has 1 heterocycles. The lowest BCUT2D eigenvalue weighted by Crippen LogP contribution is -2.51. The van der Waals surface area contributed by atoms with E-state index in [0.717, 1.165) is 63.1 Å². The van der Waals surface area contributed by atoms with Crippen molar-refractivity contribution in [2.45, 2.75) is 75.7 Å². The molecule has 1 N–H and O–H groups in total. The summed E-state index contributed by atoms with van der Waals surface area (Å²) >= 11 is 0. The number of carbonyl (C=O) groups is 1. The van der Waals surface area contributed by atoms with Crippen molar-refractivity contribution in [1.29, 1.82) is 0 Å². The van der Waals surface area contributed by atoms with Gasteiger partial charge >= 0.3 is 0 Å². The van der Waals surface area contributed by atoms with Crippen LogP contribution >= 0.6 is 0 Å². The molecule has 0 radical (unpaired) electrons. The molecule has 3 nitrogen and oxygen atoms in total. The number of rotatable bonds is 5. The van der Waals surface area contributed by atoms with E-state index in [9.17, 15) is 9.18 Å². The van der Waals surface area contributed by atoms with Crippen LogP contribution in [0.3, 0.4) is 0 Å². The fourth-order valence-electron chi connectivity index (χ4n) is 5.55. The molecule has 1 aliphatic heterocycles. The first kappa shape index (κ1) is 18.9. The maximum atomic E-state index is 13.8. The summed E-state index contributed by atoms with van der Waals surface area (Å²) in [4.78, 5) is 15.9. The third kappa shape index (κ3) is 4.21. The molecule has 3 fully saturated rings. The second kappa shape index (κ2) is 8.30. The molecular weight excluding hydrogens is 339 g/mol. The lowest BCUT2D eigenvalue weighted by atomic mass is 9.77. The molecule has 1 aromatic rings. The number of halogens is 1. The first-order valence-electron chi connectivity index (χ1n) is 11.0. The van der Waals surface area contributed by atoms with Crippen molar-refractivity contribution in [1.82, 2.24) is 10.2 Å². The second-order valence-electron chi connectivity index (χ2n) is 9.00. The van der Waals surface area contributed by atoms with Crippen LogP contribution in [0, 0.1) is 11.7 Å². The lowest BCUT2D eigenvalue weighted by Gasteiger charge is -2.36. The number of carbonyl (C=O) groups excluding carboxylic acids is 1. The molecule has 1 aromatic carbocycles. The van der Waals surface area contributed by atoms with Crippen LogP contribution in [-0.4, -0.2) is 36.5 Å². The molecule has 0 unspecified atom stereocenters. The Kier molecular flexibility index (Phi) is 5.82. The highest BCUT2D eigenvalue weighted by Crippen LogP contribution is 2.41. The molecule has 2 aliphatic carbocycles. The Morgan fingerprint density at radius 2 is 1.78 bits per heavy atom. The summed E-state index contributed by atoms with van der Waals surface area (Å²) in [6.07, 6.45) is 11.4. The van der Waals surface area contributed by atoms with Crippen molar-refractivity contribution in [2.24, 2.45) is 5.92 Å². The molecule has 0 aromatic heterocycles. The Hall–Kier alpha value is -1.42. The molecule has 0 atom stereocenters. The predicted molar refractivity (Wildman–Crippen MR) is 106 cm³/mol. The smallest absolute Gasteiger partial charge is 0.230 e. The molecule has 27 heavy (non-hydrogen) atoms. The number of amides is 1. The van der Waals surface area contributed by atoms with Gasteiger partial charge in [0, 0.05) is 25.7 Å². The highest BCUT2D eigenvalue weighted by atomic mass is 19.1. The van der Waals surface area contributed by atoms with Gasteiger partial charge in [-0.15, -0.1) is 0 Å². The van der Waals surface area contributed by atoms with Gasteiger partial charge in [-0.2, -0.15) is 0 Å². The third-order valence-corrected chi connectivity index (χ3v) is 7.18. The highest BCUT2D eigenvalue weighted by molar-refractivity contribution is 5.88. The van der Waals surface area contributed by atoms with Crippen molar-refractivity contribution >= 4 is 5.91 Å². The second-order valence-corrected chi connectivity index (χ2v) is 9.00. The van der Waals surface area contributed by atoms with Crippen molar-refractivity contribution in [3.63, 3.8) is 0 Å². The van der Waals surface area contributed by atoms with Gasteiger partial charge in [-0.05, 0) is 62.1 Å². The van der Waals surface area contributed by atoms with Crippen LogP contribution in [0.25, 0.3) is 0 Å². The van der Waals surface area contributed by atoms with E-state index in [-0.39, 0.29) is 17.8 Å². The Balaban J connectivity index is 1.35. The molecule has 0 spiro atoms. The van der Waals surface area contributed by atoms with E-state index in [1.165, 1.54) is 38.3 Å². The normalized spacial score (nSPS) is 24.3. The van der Waals surface area contributed by atoms with E-state index < -0.39 is 5.41 Å². The quantitative estimate of drug-likeness (QED) is 0.830. The summed E-state index contributed by atoms with van der Waals surface area (Å²) in [7, 11) is 0. The van der Waals surface area contributed by atoms with Gasteiger partial charge in [-0.3, -0.25) is 4.79 Å². The topological polar surface area (TPSA) is 32.3 Å². The van der Waals surface area contributed by atoms with E-state index in [2.05, 4.69) is 10.2 Å². The van der Waals surface area contributed by atoms with E-state index in [0.29, 0.717) is 0 Å². The van der Waals surface area contributed by atoms with E-state index in [4.69, 9.17) is 0 Å². The standard InChI is InChI=1S/C23H33FN2O/c24-20-9-5-8-19(16-20)23(12-3-4-13-23)22(27)25-21-10-14-26(15-11-21)17-18-6-1-2-7-18/h5,8-9,16,18,21H,1-4,6-7,10-15,17H2,(H,25,27). The zero-order chi connectivity index (χ0) is 18.7. The molecule has 0 bridgehead atoms. The largest absolute Gasteiger partial charge is 0.353 e. The first-order valence-corrected chi connectivity index (χ1v) is 11.0. The van der Waals surface area contributed by atoms with Gasteiger partial charge in [0.25, 0.3) is 0 Å². The minimum absolute atomic E-state index is 0.125. The number of benzene rings is 1. The summed E-state index contributed by atoms with van der Waals surface area (Å²) in [6, 6.07) is 6.96. The summed E-state index contributed by atoms with van der Waals surface area (Å²) in [6.45, 7) is 3.43. The molecule has 1 amide bonds. The van der Waals surface area contributed by atoms with Crippen LogP contribution in [0.15, 0.2) is 24.3 Å². The van der Waals surface area contributed by atoms with Gasteiger partial charge in [0.2, 0.25) is 5.91 Å². The first-order chi connectivity index (χ1) is 13.2. The summed E-state index contributed by atoms with van der Waals surface area (Å²) in [5.41, 5.74) is 0.333. The molecule has 3 aliphatic rings. The van der Waals surface area contributed by atoms with Crippen LogP contribution in [0.4, 0.5) is 4.39 Å². The third-order valence-electron chi connectivity index (χ3n) is 7.18. The van der Waals surface area contributed by atoms with Crippen LogP contribution < -0.4 is 5.32 Å². The van der Waals surface area contributed by atoms with E-state index >= 15 is 0 Å². The van der Waals surface area contributed by atoms with Crippen molar-refractivity contribution in [3.05, 3.63) is 35.6 Å². The van der Waals surface area contributed by atoms with Gasteiger partial charge in [0.05, 0.1) is 5.41 Å². The van der Waals surface area contributed by atoms with Gasteiger partial charge in [0.1, 0.15) is 5.82 Å². The average Bonchev–Trinajstić information content (AvgIpc) is 3.36. The van der Waals surface area contributed by atoms with Gasteiger partial charge in [-0.25, -0.2) is 4.39 Å². The SMILES string of the molecule is O=C(NC1CCN(CC2CCCC2)CC1)C1(c2cccc(F)c2)CCCC1. The fraction of sp³-hybridized carbons (Fsp3) is 0.696. The van der Waals surface area contributed by atoms with E-state index in [1.807, 2.05) is 6.07 Å². The highest BCUT2D eigenvalue weighted by Gasteiger charge is 2.43. The Morgan fingerprint density at radius 3 is 2.44 bits per heavy atom. The summed E-state index contributed by atoms with van der Waals surface area (Å²) in [5, 5.41) is 3.35. The zero-order valence-electron chi connectivity index (χ0n) is 16.4. The molecule has 2 saturated carbocycles. The minimum atomic E-state index is -0.525. The fourth-order valence-corrected chi connectivity index (χ4v) is 5.55. The number of nitrogens with zero attached hydrogens (tertiary/aromatic N) is 1. The number of hydrogen-bond acceptors (Lipinski definition) is 2.